The zero-order valence-electron chi connectivity index (χ0n) is 13.9. The van der Waals surface area contributed by atoms with E-state index in [2.05, 4.69) is 0 Å². The Hall–Kier alpha value is -0.440. The summed E-state index contributed by atoms with van der Waals surface area (Å²) >= 11 is 0. The molecule has 0 amide bonds. The smallest absolute Gasteiger partial charge is 0.187 e. The van der Waals surface area contributed by atoms with Gasteiger partial charge in [0.15, 0.2) is 12.6 Å². The molecule has 2 fully saturated rings. The minimum absolute atomic E-state index is 0.428. The van der Waals surface area contributed by atoms with Crippen LogP contribution in [0, 0.1) is 0 Å². The Balaban J connectivity index is 2.15. The van der Waals surface area contributed by atoms with Crippen LogP contribution < -0.4 is 0 Å². The molecule has 10 atom stereocenters. The minimum Gasteiger partial charge on any atom is -0.394 e. The van der Waals surface area contributed by atoms with Crippen molar-refractivity contribution < 1.29 is 54.3 Å². The maximum atomic E-state index is 10.5. The van der Waals surface area contributed by atoms with E-state index >= 15 is 0 Å². The fraction of sp³-hybridized carbons (Fsp3) is 1.00. The summed E-state index contributed by atoms with van der Waals surface area (Å²) in [4.78, 5) is 0. The molecular weight excluding hydrogens is 344 g/mol. The van der Waals surface area contributed by atoms with Crippen LogP contribution in [-0.2, 0) is 23.7 Å². The predicted octanol–water partition coefficient (Wildman–Crippen LogP) is -4.09. The molecule has 0 aromatic rings. The van der Waals surface area contributed by atoms with Gasteiger partial charge in [-0.2, -0.15) is 0 Å². The number of methoxy groups -OCH3 is 2. The summed E-state index contributed by atoms with van der Waals surface area (Å²) in [5.41, 5.74) is 0. The SMILES string of the molecule is CO[C@@H]1O[C@H](CO)[C@@H](OC)[C@H](O)[C@@H]1O[C@@H]1O[C@H](CO)[C@@H](O)[C@H](O)[C@@H]1O. The highest BCUT2D eigenvalue weighted by Crippen LogP contribution is 2.30. The molecule has 148 valence electrons. The Labute approximate surface area is 144 Å². The molecule has 0 aliphatic carbocycles. The predicted molar refractivity (Wildman–Crippen MR) is 78.2 cm³/mol. The van der Waals surface area contributed by atoms with Gasteiger partial charge < -0.3 is 54.3 Å². The maximum Gasteiger partial charge on any atom is 0.187 e. The van der Waals surface area contributed by atoms with Crippen molar-refractivity contribution in [3.63, 3.8) is 0 Å². The second-order valence-corrected chi connectivity index (χ2v) is 5.95. The summed E-state index contributed by atoms with van der Waals surface area (Å²) in [6.07, 6.45) is -12.9. The number of hydrogen-bond donors (Lipinski definition) is 6. The Bertz CT molecular complexity index is 408. The molecule has 0 aromatic carbocycles. The summed E-state index contributed by atoms with van der Waals surface area (Å²) in [7, 11) is 2.61. The minimum atomic E-state index is -1.64. The van der Waals surface area contributed by atoms with Gasteiger partial charge in [0.1, 0.15) is 48.8 Å². The first kappa shape index (κ1) is 20.9. The van der Waals surface area contributed by atoms with E-state index in [1.165, 1.54) is 14.2 Å². The molecule has 11 heteroatoms. The summed E-state index contributed by atoms with van der Waals surface area (Å²) in [5.74, 6) is 0. The van der Waals surface area contributed by atoms with Gasteiger partial charge in [0.25, 0.3) is 0 Å². The molecule has 0 radical (unpaired) electrons. The van der Waals surface area contributed by atoms with Gasteiger partial charge in [-0.05, 0) is 0 Å². The molecule has 6 N–H and O–H groups in total. The van der Waals surface area contributed by atoms with Crippen LogP contribution in [0.15, 0.2) is 0 Å². The second kappa shape index (κ2) is 8.97. The highest BCUT2D eigenvalue weighted by atomic mass is 16.8. The van der Waals surface area contributed by atoms with E-state index < -0.39 is 74.6 Å². The van der Waals surface area contributed by atoms with Crippen LogP contribution in [0.25, 0.3) is 0 Å². The van der Waals surface area contributed by atoms with E-state index in [0.29, 0.717) is 0 Å². The Kier molecular flexibility index (Phi) is 7.49. The first-order valence-corrected chi connectivity index (χ1v) is 7.85. The zero-order chi connectivity index (χ0) is 18.7. The highest BCUT2D eigenvalue weighted by molar-refractivity contribution is 4.94. The molecular formula is C14H26O11. The van der Waals surface area contributed by atoms with Gasteiger partial charge >= 0.3 is 0 Å². The highest BCUT2D eigenvalue weighted by Gasteiger charge is 2.51. The van der Waals surface area contributed by atoms with Crippen molar-refractivity contribution in [2.75, 3.05) is 27.4 Å². The van der Waals surface area contributed by atoms with Gasteiger partial charge in [-0.1, -0.05) is 0 Å². The van der Waals surface area contributed by atoms with Crippen LogP contribution in [0.3, 0.4) is 0 Å². The molecule has 0 bridgehead atoms. The van der Waals surface area contributed by atoms with Gasteiger partial charge in [-0.25, -0.2) is 0 Å². The molecule has 0 aromatic heterocycles. The Morgan fingerprint density at radius 1 is 0.680 bits per heavy atom. The van der Waals surface area contributed by atoms with Crippen LogP contribution in [0.2, 0.25) is 0 Å². The van der Waals surface area contributed by atoms with Crippen molar-refractivity contribution >= 4 is 0 Å². The molecule has 2 aliphatic rings. The van der Waals surface area contributed by atoms with Crippen LogP contribution in [-0.4, -0.2) is 119 Å². The quantitative estimate of drug-likeness (QED) is 0.269. The molecule has 11 nitrogen and oxygen atoms in total. The average molecular weight is 370 g/mol. The van der Waals surface area contributed by atoms with Crippen molar-refractivity contribution in [2.45, 2.75) is 61.4 Å². The largest absolute Gasteiger partial charge is 0.394 e. The van der Waals surface area contributed by atoms with E-state index in [0.717, 1.165) is 0 Å². The summed E-state index contributed by atoms with van der Waals surface area (Å²) in [5, 5.41) is 58.6. The normalized spacial score (nSPS) is 48.5. The lowest BCUT2D eigenvalue weighted by Crippen LogP contribution is -2.64. The van der Waals surface area contributed by atoms with Crippen molar-refractivity contribution in [2.24, 2.45) is 0 Å². The standard InChI is InChI=1S/C14H26O11/c1-21-11-6(4-16)24-14(22-2)12(10(11)20)25-13-9(19)8(18)7(17)5(3-15)23-13/h5-20H,3-4H2,1-2H3/t5-,6-,7-,8+,9+,10+,11-,12+,13+,14-/m1/s1. The fourth-order valence-electron chi connectivity index (χ4n) is 3.00. The number of aliphatic hydroxyl groups is 6. The summed E-state index contributed by atoms with van der Waals surface area (Å²) in [6.45, 7) is -1.04. The van der Waals surface area contributed by atoms with Crippen molar-refractivity contribution in [1.29, 1.82) is 0 Å². The van der Waals surface area contributed by atoms with Gasteiger partial charge in [0.05, 0.1) is 13.2 Å². The van der Waals surface area contributed by atoms with Crippen LogP contribution >= 0.6 is 0 Å². The van der Waals surface area contributed by atoms with Gasteiger partial charge in [-0.15, -0.1) is 0 Å². The van der Waals surface area contributed by atoms with Crippen LogP contribution in [0.4, 0.5) is 0 Å². The number of hydrogen-bond acceptors (Lipinski definition) is 11. The maximum absolute atomic E-state index is 10.5. The lowest BCUT2D eigenvalue weighted by molar-refractivity contribution is -0.365. The summed E-state index contributed by atoms with van der Waals surface area (Å²) < 4.78 is 26.5. The van der Waals surface area contributed by atoms with E-state index in [-0.39, 0.29) is 0 Å². The first-order valence-electron chi connectivity index (χ1n) is 7.85. The van der Waals surface area contributed by atoms with Crippen molar-refractivity contribution in [1.82, 2.24) is 0 Å². The molecule has 2 rings (SSSR count). The molecule has 25 heavy (non-hydrogen) atoms. The lowest BCUT2D eigenvalue weighted by atomic mass is 9.97. The Morgan fingerprint density at radius 3 is 1.80 bits per heavy atom. The number of ether oxygens (including phenoxy) is 5. The van der Waals surface area contributed by atoms with Crippen molar-refractivity contribution in [3.8, 4) is 0 Å². The van der Waals surface area contributed by atoms with Crippen LogP contribution in [0.1, 0.15) is 0 Å². The average Bonchev–Trinajstić information content (AvgIpc) is 2.62. The van der Waals surface area contributed by atoms with Gasteiger partial charge in [0.2, 0.25) is 0 Å². The number of aliphatic hydroxyl groups excluding tert-OH is 6. The van der Waals surface area contributed by atoms with E-state index in [4.69, 9.17) is 23.7 Å². The molecule has 0 unspecified atom stereocenters. The topological polar surface area (TPSA) is 168 Å². The van der Waals surface area contributed by atoms with E-state index in [9.17, 15) is 30.6 Å². The molecule has 2 saturated heterocycles. The van der Waals surface area contributed by atoms with Crippen LogP contribution in [0.5, 0.6) is 0 Å². The third-order valence-electron chi connectivity index (χ3n) is 4.44. The third-order valence-corrected chi connectivity index (χ3v) is 4.44. The van der Waals surface area contributed by atoms with E-state index in [1.54, 1.807) is 0 Å². The van der Waals surface area contributed by atoms with E-state index in [1.807, 2.05) is 0 Å². The molecule has 2 heterocycles. The first-order chi connectivity index (χ1) is 11.9. The number of rotatable bonds is 6. The summed E-state index contributed by atoms with van der Waals surface area (Å²) in [6, 6.07) is 0. The zero-order valence-corrected chi connectivity index (χ0v) is 13.9. The van der Waals surface area contributed by atoms with Gasteiger partial charge in [-0.3, -0.25) is 0 Å². The van der Waals surface area contributed by atoms with Gasteiger partial charge in [0, 0.05) is 14.2 Å². The monoisotopic (exact) mass is 370 g/mol. The fourth-order valence-corrected chi connectivity index (χ4v) is 3.00. The molecule has 0 saturated carbocycles. The second-order valence-electron chi connectivity index (χ2n) is 5.95. The lowest BCUT2D eigenvalue weighted by Gasteiger charge is -2.46. The Morgan fingerprint density at radius 2 is 1.28 bits per heavy atom. The van der Waals surface area contributed by atoms with Crippen molar-refractivity contribution in [3.05, 3.63) is 0 Å². The third kappa shape index (κ3) is 4.12. The molecule has 0 spiro atoms. The molecule has 2 aliphatic heterocycles.